The van der Waals surface area contributed by atoms with Gasteiger partial charge in [0.25, 0.3) is 5.69 Å². The summed E-state index contributed by atoms with van der Waals surface area (Å²) >= 11 is 0. The first kappa shape index (κ1) is 12.7. The molecule has 7 heteroatoms. The van der Waals surface area contributed by atoms with Crippen LogP contribution in [-0.4, -0.2) is 21.0 Å². The second-order valence-electron chi connectivity index (χ2n) is 3.90. The zero-order chi connectivity index (χ0) is 14.0. The largest absolute Gasteiger partial charge is 0.481 e. The normalized spacial score (nSPS) is 10.4. The molecule has 19 heavy (non-hydrogen) atoms. The second kappa shape index (κ2) is 4.89. The minimum atomic E-state index is -1.01. The molecule has 0 saturated heterocycles. The summed E-state index contributed by atoms with van der Waals surface area (Å²) in [7, 11) is 0. The Balaban J connectivity index is 2.39. The maximum atomic E-state index is 10.7. The average Bonchev–Trinajstić information content (AvgIpc) is 2.70. The SMILES string of the molecule is Cc1oc(-c2cccc([N+](=O)[O-])c2)nc1CC(=O)O. The van der Waals surface area contributed by atoms with Crippen molar-refractivity contribution in [1.82, 2.24) is 4.98 Å². The van der Waals surface area contributed by atoms with E-state index in [-0.39, 0.29) is 18.0 Å². The van der Waals surface area contributed by atoms with Gasteiger partial charge in [-0.05, 0) is 13.0 Å². The van der Waals surface area contributed by atoms with Crippen LogP contribution >= 0.6 is 0 Å². The number of nitro groups is 1. The van der Waals surface area contributed by atoms with E-state index in [4.69, 9.17) is 9.52 Å². The number of carbonyl (C=O) groups is 1. The van der Waals surface area contributed by atoms with E-state index < -0.39 is 10.9 Å². The Labute approximate surface area is 107 Å². The summed E-state index contributed by atoms with van der Waals surface area (Å²) in [6, 6.07) is 5.82. The van der Waals surface area contributed by atoms with Crippen molar-refractivity contribution in [3.05, 3.63) is 45.8 Å². The molecule has 0 fully saturated rings. The number of aliphatic carboxylic acids is 1. The Morgan fingerprint density at radius 2 is 2.26 bits per heavy atom. The Kier molecular flexibility index (Phi) is 3.28. The van der Waals surface area contributed by atoms with Gasteiger partial charge in [0.15, 0.2) is 0 Å². The number of non-ortho nitro benzene ring substituents is 1. The molecule has 2 aromatic rings. The number of aryl methyl sites for hydroxylation is 1. The van der Waals surface area contributed by atoms with Crippen LogP contribution in [0.4, 0.5) is 5.69 Å². The number of hydrogen-bond acceptors (Lipinski definition) is 5. The highest BCUT2D eigenvalue weighted by molar-refractivity contribution is 5.70. The number of hydrogen-bond donors (Lipinski definition) is 1. The second-order valence-corrected chi connectivity index (χ2v) is 3.90. The third-order valence-electron chi connectivity index (χ3n) is 2.52. The molecule has 0 aliphatic heterocycles. The fourth-order valence-corrected chi connectivity index (χ4v) is 1.61. The van der Waals surface area contributed by atoms with Crippen molar-refractivity contribution in [3.8, 4) is 11.5 Å². The van der Waals surface area contributed by atoms with Crippen LogP contribution in [0.3, 0.4) is 0 Å². The first-order valence-corrected chi connectivity index (χ1v) is 5.40. The standard InChI is InChI=1S/C12H10N2O5/c1-7-10(6-11(15)16)13-12(19-7)8-3-2-4-9(5-8)14(17)18/h2-5H,6H2,1H3,(H,15,16). The predicted molar refractivity (Wildman–Crippen MR) is 64.7 cm³/mol. The Morgan fingerprint density at radius 3 is 2.89 bits per heavy atom. The fourth-order valence-electron chi connectivity index (χ4n) is 1.61. The lowest BCUT2D eigenvalue weighted by atomic mass is 10.2. The number of aromatic nitrogens is 1. The van der Waals surface area contributed by atoms with E-state index in [0.717, 1.165) is 0 Å². The third kappa shape index (κ3) is 2.76. The molecule has 0 bridgehead atoms. The lowest BCUT2D eigenvalue weighted by Crippen LogP contribution is -2.01. The van der Waals surface area contributed by atoms with E-state index >= 15 is 0 Å². The van der Waals surface area contributed by atoms with Gasteiger partial charge in [0.1, 0.15) is 5.76 Å². The summed E-state index contributed by atoms with van der Waals surface area (Å²) < 4.78 is 5.34. The summed E-state index contributed by atoms with van der Waals surface area (Å²) in [6.07, 6.45) is -0.246. The summed E-state index contributed by atoms with van der Waals surface area (Å²) in [5, 5.41) is 19.4. The van der Waals surface area contributed by atoms with E-state index in [9.17, 15) is 14.9 Å². The first-order valence-electron chi connectivity index (χ1n) is 5.40. The van der Waals surface area contributed by atoms with Crippen molar-refractivity contribution in [2.45, 2.75) is 13.3 Å². The number of carboxylic acids is 1. The van der Waals surface area contributed by atoms with Gasteiger partial charge in [0.2, 0.25) is 5.89 Å². The molecule has 7 nitrogen and oxygen atoms in total. The quantitative estimate of drug-likeness (QED) is 0.668. The van der Waals surface area contributed by atoms with Gasteiger partial charge in [-0.25, -0.2) is 4.98 Å². The van der Waals surface area contributed by atoms with Gasteiger partial charge in [0, 0.05) is 17.7 Å². The van der Waals surface area contributed by atoms with Crippen LogP contribution < -0.4 is 0 Å². The van der Waals surface area contributed by atoms with Crippen molar-refractivity contribution in [1.29, 1.82) is 0 Å². The molecule has 1 aromatic carbocycles. The minimum Gasteiger partial charge on any atom is -0.481 e. The van der Waals surface area contributed by atoms with Crippen molar-refractivity contribution in [2.24, 2.45) is 0 Å². The lowest BCUT2D eigenvalue weighted by molar-refractivity contribution is -0.384. The molecule has 1 N–H and O–H groups in total. The van der Waals surface area contributed by atoms with Crippen LogP contribution in [0, 0.1) is 17.0 Å². The van der Waals surface area contributed by atoms with Gasteiger partial charge >= 0.3 is 5.97 Å². The Morgan fingerprint density at radius 1 is 1.53 bits per heavy atom. The molecule has 0 saturated carbocycles. The molecule has 0 unspecified atom stereocenters. The molecule has 0 aliphatic carbocycles. The van der Waals surface area contributed by atoms with Gasteiger partial charge in [-0.2, -0.15) is 0 Å². The van der Waals surface area contributed by atoms with Crippen LogP contribution in [0.1, 0.15) is 11.5 Å². The maximum Gasteiger partial charge on any atom is 0.309 e. The summed E-state index contributed by atoms with van der Waals surface area (Å²) in [6.45, 7) is 1.60. The van der Waals surface area contributed by atoms with Crippen LogP contribution in [0.2, 0.25) is 0 Å². The van der Waals surface area contributed by atoms with Crippen molar-refractivity contribution >= 4 is 11.7 Å². The molecule has 2 rings (SSSR count). The van der Waals surface area contributed by atoms with Crippen molar-refractivity contribution < 1.29 is 19.2 Å². The number of rotatable bonds is 4. The van der Waals surface area contributed by atoms with E-state index in [0.29, 0.717) is 17.0 Å². The monoisotopic (exact) mass is 262 g/mol. The van der Waals surface area contributed by atoms with Crippen molar-refractivity contribution in [3.63, 3.8) is 0 Å². The lowest BCUT2D eigenvalue weighted by Gasteiger charge is -1.95. The fraction of sp³-hybridized carbons (Fsp3) is 0.167. The van der Waals surface area contributed by atoms with Crippen LogP contribution in [0.25, 0.3) is 11.5 Å². The highest BCUT2D eigenvalue weighted by atomic mass is 16.6. The summed E-state index contributed by atoms with van der Waals surface area (Å²) in [4.78, 5) is 24.9. The van der Waals surface area contributed by atoms with Gasteiger partial charge < -0.3 is 9.52 Å². The Hall–Kier alpha value is -2.70. The van der Waals surface area contributed by atoms with Gasteiger partial charge in [-0.15, -0.1) is 0 Å². The van der Waals surface area contributed by atoms with Crippen molar-refractivity contribution in [2.75, 3.05) is 0 Å². The smallest absolute Gasteiger partial charge is 0.309 e. The summed E-state index contributed by atoms with van der Waals surface area (Å²) in [5.41, 5.74) is 0.677. The molecule has 0 radical (unpaired) electrons. The number of nitrogens with zero attached hydrogens (tertiary/aromatic N) is 2. The molecule has 1 heterocycles. The predicted octanol–water partition coefficient (Wildman–Crippen LogP) is 2.19. The van der Waals surface area contributed by atoms with Gasteiger partial charge in [-0.1, -0.05) is 6.07 Å². The molecule has 0 aliphatic rings. The molecule has 0 atom stereocenters. The zero-order valence-corrected chi connectivity index (χ0v) is 9.99. The number of carboxylic acid groups (broad SMARTS) is 1. The van der Waals surface area contributed by atoms with E-state index in [1.807, 2.05) is 0 Å². The number of nitro benzene ring substituents is 1. The number of benzene rings is 1. The van der Waals surface area contributed by atoms with Gasteiger partial charge in [-0.3, -0.25) is 14.9 Å². The van der Waals surface area contributed by atoms with E-state index in [1.165, 1.54) is 18.2 Å². The zero-order valence-electron chi connectivity index (χ0n) is 9.99. The highest BCUT2D eigenvalue weighted by Gasteiger charge is 2.15. The summed E-state index contributed by atoms with van der Waals surface area (Å²) in [5.74, 6) is -0.441. The maximum absolute atomic E-state index is 10.7. The third-order valence-corrected chi connectivity index (χ3v) is 2.52. The minimum absolute atomic E-state index is 0.0758. The average molecular weight is 262 g/mol. The molecule has 0 amide bonds. The van der Waals surface area contributed by atoms with E-state index in [1.54, 1.807) is 13.0 Å². The topological polar surface area (TPSA) is 106 Å². The number of oxazole rings is 1. The van der Waals surface area contributed by atoms with Crippen LogP contribution in [0.15, 0.2) is 28.7 Å². The van der Waals surface area contributed by atoms with Gasteiger partial charge in [0.05, 0.1) is 17.0 Å². The highest BCUT2D eigenvalue weighted by Crippen LogP contribution is 2.25. The molecule has 98 valence electrons. The Bertz CT molecular complexity index is 647. The first-order chi connectivity index (χ1) is 8.97. The van der Waals surface area contributed by atoms with Crippen LogP contribution in [0.5, 0.6) is 0 Å². The molecular weight excluding hydrogens is 252 g/mol. The molecular formula is C12H10N2O5. The molecule has 1 aromatic heterocycles. The van der Waals surface area contributed by atoms with E-state index in [2.05, 4.69) is 4.98 Å². The molecule has 0 spiro atoms. The van der Waals surface area contributed by atoms with Crippen LogP contribution in [-0.2, 0) is 11.2 Å².